The Morgan fingerprint density at radius 1 is 0.328 bits per heavy atom. The molecule has 2 aromatic heterocycles. The van der Waals surface area contributed by atoms with Gasteiger partial charge in [-0.05, 0) is 67.4 Å². The lowest BCUT2D eigenvalue weighted by Crippen LogP contribution is -1.98. The molecule has 0 N–H and O–H groups in total. The number of benzene rings is 10. The summed E-state index contributed by atoms with van der Waals surface area (Å²) < 4.78 is 12.1. The molecule has 4 nitrogen and oxygen atoms in total. The zero-order valence-electron chi connectivity index (χ0n) is 34.6. The quantitative estimate of drug-likeness (QED) is 0.113. The molecular weight excluding hydrogens is 797 g/mol. The lowest BCUT2D eigenvalue weighted by molar-refractivity contribution is 1.11. The molecular formula is C59H38N4S. The van der Waals surface area contributed by atoms with Gasteiger partial charge in [0.2, 0.25) is 0 Å². The Morgan fingerprint density at radius 3 is 1.23 bits per heavy atom. The van der Waals surface area contributed by atoms with Crippen molar-refractivity contribution in [1.82, 2.24) is 18.3 Å². The van der Waals surface area contributed by atoms with Crippen LogP contribution in [0.2, 0.25) is 0 Å². The Balaban J connectivity index is 0.941. The average molecular weight is 835 g/mol. The van der Waals surface area contributed by atoms with Gasteiger partial charge < -0.3 is 0 Å². The smallest absolute Gasteiger partial charge is 0.145 e. The van der Waals surface area contributed by atoms with Gasteiger partial charge in [-0.25, -0.2) is 4.98 Å². The Labute approximate surface area is 375 Å². The van der Waals surface area contributed by atoms with E-state index in [9.17, 15) is 0 Å². The number of hydrogen-bond acceptors (Lipinski definition) is 4. The van der Waals surface area contributed by atoms with Gasteiger partial charge in [-0.15, -0.1) is 0 Å². The predicted molar refractivity (Wildman–Crippen MR) is 268 cm³/mol. The van der Waals surface area contributed by atoms with Gasteiger partial charge in [0.1, 0.15) is 16.9 Å². The van der Waals surface area contributed by atoms with Crippen molar-refractivity contribution in [3.8, 4) is 39.3 Å². The fraction of sp³-hybridized carbons (Fsp3) is 0. The fourth-order valence-electron chi connectivity index (χ4n) is 9.40. The monoisotopic (exact) mass is 834 g/mol. The summed E-state index contributed by atoms with van der Waals surface area (Å²) in [5.41, 5.74) is 17.3. The van der Waals surface area contributed by atoms with E-state index in [2.05, 4.69) is 235 Å². The minimum atomic E-state index is 0.897. The minimum Gasteiger partial charge on any atom is -0.292 e. The van der Waals surface area contributed by atoms with Crippen LogP contribution in [0.3, 0.4) is 0 Å². The molecule has 0 unspecified atom stereocenters. The molecule has 2 heterocycles. The highest BCUT2D eigenvalue weighted by Crippen LogP contribution is 2.42. The zero-order valence-corrected chi connectivity index (χ0v) is 35.5. The fourth-order valence-corrected chi connectivity index (χ4v) is 9.97. The van der Waals surface area contributed by atoms with Crippen LogP contribution in [0, 0.1) is 0 Å². The third-order valence-electron chi connectivity index (χ3n) is 12.3. The van der Waals surface area contributed by atoms with Gasteiger partial charge in [0.15, 0.2) is 0 Å². The second kappa shape index (κ2) is 15.9. The average Bonchev–Trinajstić information content (AvgIpc) is 4.04. The van der Waals surface area contributed by atoms with E-state index >= 15 is 0 Å². The third-order valence-corrected chi connectivity index (χ3v) is 12.9. The summed E-state index contributed by atoms with van der Waals surface area (Å²) in [6.07, 6.45) is 0. The normalized spacial score (nSPS) is 11.4. The second-order valence-electron chi connectivity index (χ2n) is 16.0. The van der Waals surface area contributed by atoms with E-state index in [-0.39, 0.29) is 0 Å². The molecule has 10 aromatic carbocycles. The topological polar surface area (TPSA) is 43.6 Å². The van der Waals surface area contributed by atoms with Gasteiger partial charge in [0.05, 0.1) is 22.8 Å². The summed E-state index contributed by atoms with van der Waals surface area (Å²) in [6, 6.07) is 82.1. The van der Waals surface area contributed by atoms with Crippen LogP contribution in [0.1, 0.15) is 22.3 Å². The number of fused-ring (bicyclic) bond motifs is 7. The van der Waals surface area contributed by atoms with E-state index in [0.717, 1.165) is 72.3 Å². The van der Waals surface area contributed by atoms with Crippen LogP contribution in [-0.2, 0) is 0 Å². The molecule has 0 bridgehead atoms. The van der Waals surface area contributed by atoms with Gasteiger partial charge in [-0.1, -0.05) is 218 Å². The summed E-state index contributed by atoms with van der Waals surface area (Å²) in [5, 5.41) is 4.76. The molecule has 12 rings (SSSR count). The van der Waals surface area contributed by atoms with Crippen molar-refractivity contribution >= 4 is 66.5 Å². The summed E-state index contributed by atoms with van der Waals surface area (Å²) in [7, 11) is 0. The van der Waals surface area contributed by atoms with Crippen molar-refractivity contribution in [3.63, 3.8) is 0 Å². The van der Waals surface area contributed by atoms with Gasteiger partial charge >= 0.3 is 0 Å². The van der Waals surface area contributed by atoms with Gasteiger partial charge in [0, 0.05) is 33.2 Å². The van der Waals surface area contributed by atoms with E-state index in [4.69, 9.17) is 13.7 Å². The summed E-state index contributed by atoms with van der Waals surface area (Å²) in [5.74, 6) is 0.901. The van der Waals surface area contributed by atoms with Crippen LogP contribution >= 0.6 is 11.7 Å². The maximum absolute atomic E-state index is 5.44. The molecule has 0 aliphatic carbocycles. The molecule has 0 radical (unpaired) electrons. The molecule has 0 atom stereocenters. The maximum Gasteiger partial charge on any atom is 0.145 e. The second-order valence-corrected chi connectivity index (χ2v) is 16.5. The number of nitrogens with zero attached hydrogens (tertiary/aromatic N) is 4. The number of rotatable bonds is 8. The van der Waals surface area contributed by atoms with E-state index in [1.54, 1.807) is 0 Å². The number of aromatic nitrogens is 4. The lowest BCUT2D eigenvalue weighted by atomic mass is 9.85. The first-order valence-corrected chi connectivity index (χ1v) is 22.3. The first-order chi connectivity index (χ1) is 31.8. The van der Waals surface area contributed by atoms with Crippen molar-refractivity contribution in [2.75, 3.05) is 0 Å². The predicted octanol–water partition coefficient (Wildman–Crippen LogP) is 15.3. The van der Waals surface area contributed by atoms with Crippen LogP contribution in [0.15, 0.2) is 231 Å². The molecule has 0 amide bonds. The third kappa shape index (κ3) is 6.41. The van der Waals surface area contributed by atoms with Crippen LogP contribution < -0.4 is 0 Å². The van der Waals surface area contributed by atoms with E-state index < -0.39 is 0 Å². The zero-order chi connectivity index (χ0) is 42.4. The first kappa shape index (κ1) is 37.5. The molecule has 0 saturated carbocycles. The molecule has 0 aliphatic rings. The molecule has 64 heavy (non-hydrogen) atoms. The maximum atomic E-state index is 5.44. The highest BCUT2D eigenvalue weighted by molar-refractivity contribution is 7.00. The summed E-state index contributed by atoms with van der Waals surface area (Å²) >= 11 is 1.26. The van der Waals surface area contributed by atoms with E-state index in [1.807, 2.05) is 0 Å². The molecule has 0 spiro atoms. The molecule has 5 heteroatoms. The summed E-state index contributed by atoms with van der Waals surface area (Å²) in [6.45, 7) is 0. The number of hydrogen-bond donors (Lipinski definition) is 0. The first-order valence-electron chi connectivity index (χ1n) is 21.5. The van der Waals surface area contributed by atoms with E-state index in [1.165, 1.54) is 55.7 Å². The Bertz CT molecular complexity index is 3630. The largest absolute Gasteiger partial charge is 0.292 e. The van der Waals surface area contributed by atoms with Gasteiger partial charge in [-0.2, -0.15) is 8.75 Å². The van der Waals surface area contributed by atoms with Crippen molar-refractivity contribution < 1.29 is 0 Å². The lowest BCUT2D eigenvalue weighted by Gasteiger charge is -2.18. The SMILES string of the molecule is c1ccc(C(=C(c2ccccc2)c2ccc(-c3ccc(-c4ccc(-c5nc6c7ccccc7c7ccccc7c6n5-c5ccccc5)cc4)c4nsnc34)cc2)c2ccccc2)cc1. The summed E-state index contributed by atoms with van der Waals surface area (Å²) in [4.78, 5) is 5.44. The van der Waals surface area contributed by atoms with Gasteiger partial charge in [-0.3, -0.25) is 4.57 Å². The molecule has 300 valence electrons. The van der Waals surface area contributed by atoms with Crippen molar-refractivity contribution in [2.45, 2.75) is 0 Å². The van der Waals surface area contributed by atoms with Crippen molar-refractivity contribution in [2.24, 2.45) is 0 Å². The minimum absolute atomic E-state index is 0.897. The number of imidazole rings is 1. The highest BCUT2D eigenvalue weighted by Gasteiger charge is 2.22. The van der Waals surface area contributed by atoms with Crippen LogP contribution in [0.4, 0.5) is 0 Å². The van der Waals surface area contributed by atoms with Crippen LogP contribution in [0.25, 0.3) is 94.1 Å². The molecule has 0 aliphatic heterocycles. The van der Waals surface area contributed by atoms with Crippen LogP contribution in [0.5, 0.6) is 0 Å². The van der Waals surface area contributed by atoms with Gasteiger partial charge in [0.25, 0.3) is 0 Å². The Morgan fingerprint density at radius 2 is 0.719 bits per heavy atom. The Kier molecular flexibility index (Phi) is 9.32. The highest BCUT2D eigenvalue weighted by atomic mass is 32.1. The standard InChI is InChI=1S/C59H38N4S/c1-5-17-41(18-6-1)53(42-19-7-2-8-20-42)54(43-21-9-3-10-22-43)44-33-29-39(30-34-44)47-37-38-48(56-55(47)61-64-62-56)40-31-35-45(36-32-40)59-60-57-51-27-15-13-25-49(51)50-26-14-16-28-52(50)58(57)63(59)46-23-11-4-12-24-46/h1-38H. The van der Waals surface area contributed by atoms with Crippen molar-refractivity contribution in [3.05, 3.63) is 253 Å². The van der Waals surface area contributed by atoms with Crippen LogP contribution in [-0.4, -0.2) is 18.3 Å². The number of para-hydroxylation sites is 1. The Hall–Kier alpha value is -8.25. The molecule has 0 fully saturated rings. The van der Waals surface area contributed by atoms with Crippen molar-refractivity contribution in [1.29, 1.82) is 0 Å². The molecule has 12 aromatic rings. The molecule has 0 saturated heterocycles. The van der Waals surface area contributed by atoms with E-state index in [0.29, 0.717) is 0 Å².